The molecule has 0 unspecified atom stereocenters. The van der Waals surface area contributed by atoms with Crippen LogP contribution in [0.2, 0.25) is 0 Å². The predicted molar refractivity (Wildman–Crippen MR) is 109 cm³/mol. The first-order valence-corrected chi connectivity index (χ1v) is 9.98. The van der Waals surface area contributed by atoms with Crippen LogP contribution in [0, 0.1) is 0 Å². The Balaban J connectivity index is 1.92. The second-order valence-corrected chi connectivity index (χ2v) is 7.13. The Labute approximate surface area is 159 Å². The predicted octanol–water partition coefficient (Wildman–Crippen LogP) is 6.81. The van der Waals surface area contributed by atoms with Crippen LogP contribution in [0.5, 0.6) is 0 Å². The molecule has 3 heteroatoms. The topological polar surface area (TPSA) is 17.8 Å². The third kappa shape index (κ3) is 4.40. The van der Waals surface area contributed by atoms with E-state index in [1.54, 1.807) is 0 Å². The summed E-state index contributed by atoms with van der Waals surface area (Å²) in [6.07, 6.45) is 7.42. The average Bonchev–Trinajstić information content (AvgIpc) is 2.99. The van der Waals surface area contributed by atoms with E-state index in [2.05, 4.69) is 76.0 Å². The molecular weight excluding hydrogens is 372 g/mol. The Bertz CT molecular complexity index is 779. The molecule has 0 radical (unpaired) electrons. The van der Waals surface area contributed by atoms with Gasteiger partial charge in [-0.1, -0.05) is 81.1 Å². The van der Waals surface area contributed by atoms with Crippen LogP contribution in [0.25, 0.3) is 17.1 Å². The van der Waals surface area contributed by atoms with Crippen molar-refractivity contribution in [3.63, 3.8) is 0 Å². The van der Waals surface area contributed by atoms with Crippen LogP contribution in [0.1, 0.15) is 44.7 Å². The third-order valence-corrected chi connectivity index (χ3v) is 5.26. The van der Waals surface area contributed by atoms with Gasteiger partial charge in [0, 0.05) is 11.3 Å². The summed E-state index contributed by atoms with van der Waals surface area (Å²) in [5.41, 5.74) is 3.43. The van der Waals surface area contributed by atoms with Crippen LogP contribution in [0.4, 0.5) is 0 Å². The van der Waals surface area contributed by atoms with Gasteiger partial charge < -0.3 is 0 Å². The minimum absolute atomic E-state index is 1.00. The molecule has 0 atom stereocenters. The van der Waals surface area contributed by atoms with Crippen LogP contribution < -0.4 is 0 Å². The Morgan fingerprint density at radius 2 is 1.48 bits per heavy atom. The standard InChI is InChI=1S/C22H25BrN2/c1-2-3-4-5-12-17-20-21(23)25(19-15-10-7-11-16-19)22(24-20)18-13-8-6-9-14-18/h6-11,13-16H,2-5,12,17H2,1H3. The number of aromatic nitrogens is 2. The maximum absolute atomic E-state index is 4.99. The van der Waals surface area contributed by atoms with Crippen molar-refractivity contribution in [3.05, 3.63) is 71.0 Å². The van der Waals surface area contributed by atoms with Gasteiger partial charge in [0.1, 0.15) is 10.4 Å². The van der Waals surface area contributed by atoms with E-state index in [9.17, 15) is 0 Å². The highest BCUT2D eigenvalue weighted by Gasteiger charge is 2.17. The van der Waals surface area contributed by atoms with Crippen LogP contribution in [0.15, 0.2) is 65.3 Å². The molecule has 1 aromatic heterocycles. The van der Waals surface area contributed by atoms with Crippen molar-refractivity contribution in [2.24, 2.45) is 0 Å². The first-order valence-electron chi connectivity index (χ1n) is 9.19. The van der Waals surface area contributed by atoms with Gasteiger partial charge in [-0.05, 0) is 40.9 Å². The molecule has 0 saturated heterocycles. The number of para-hydroxylation sites is 1. The molecule has 0 fully saturated rings. The minimum atomic E-state index is 1.00. The molecule has 3 aromatic rings. The minimum Gasteiger partial charge on any atom is -0.287 e. The molecular formula is C22H25BrN2. The average molecular weight is 397 g/mol. The first kappa shape index (κ1) is 17.9. The maximum Gasteiger partial charge on any atom is 0.145 e. The van der Waals surface area contributed by atoms with E-state index in [1.807, 2.05) is 12.1 Å². The van der Waals surface area contributed by atoms with E-state index in [0.717, 1.165) is 33.8 Å². The lowest BCUT2D eigenvalue weighted by Crippen LogP contribution is -1.97. The van der Waals surface area contributed by atoms with Gasteiger partial charge in [-0.25, -0.2) is 4.98 Å². The smallest absolute Gasteiger partial charge is 0.145 e. The third-order valence-electron chi connectivity index (χ3n) is 4.45. The van der Waals surface area contributed by atoms with E-state index < -0.39 is 0 Å². The van der Waals surface area contributed by atoms with Crippen molar-refractivity contribution in [3.8, 4) is 17.1 Å². The van der Waals surface area contributed by atoms with Gasteiger partial charge in [0.2, 0.25) is 0 Å². The molecule has 2 aromatic carbocycles. The van der Waals surface area contributed by atoms with E-state index in [1.165, 1.54) is 32.1 Å². The van der Waals surface area contributed by atoms with E-state index in [-0.39, 0.29) is 0 Å². The molecule has 130 valence electrons. The number of halogens is 1. The van der Waals surface area contributed by atoms with Gasteiger partial charge in [0.25, 0.3) is 0 Å². The summed E-state index contributed by atoms with van der Waals surface area (Å²) in [6.45, 7) is 2.25. The molecule has 0 aliphatic carbocycles. The van der Waals surface area contributed by atoms with Crippen LogP contribution >= 0.6 is 15.9 Å². The lowest BCUT2D eigenvalue weighted by Gasteiger charge is -2.09. The molecule has 2 nitrogen and oxygen atoms in total. The summed E-state index contributed by atoms with van der Waals surface area (Å²) in [6, 6.07) is 20.9. The number of aryl methyl sites for hydroxylation is 1. The molecule has 0 amide bonds. The van der Waals surface area contributed by atoms with Crippen molar-refractivity contribution in [2.75, 3.05) is 0 Å². The largest absolute Gasteiger partial charge is 0.287 e. The van der Waals surface area contributed by atoms with E-state index in [0.29, 0.717) is 0 Å². The molecule has 0 N–H and O–H groups in total. The van der Waals surface area contributed by atoms with Gasteiger partial charge in [-0.15, -0.1) is 0 Å². The summed E-state index contributed by atoms with van der Waals surface area (Å²) in [5, 5.41) is 0. The second kappa shape index (κ2) is 9.00. The normalized spacial score (nSPS) is 11.0. The zero-order chi connectivity index (χ0) is 17.5. The van der Waals surface area contributed by atoms with E-state index >= 15 is 0 Å². The number of nitrogens with zero attached hydrogens (tertiary/aromatic N) is 2. The molecule has 0 saturated carbocycles. The lowest BCUT2D eigenvalue weighted by molar-refractivity contribution is 0.628. The number of rotatable bonds is 8. The molecule has 0 aliphatic heterocycles. The second-order valence-electron chi connectivity index (χ2n) is 6.37. The number of imidazole rings is 1. The van der Waals surface area contributed by atoms with Crippen molar-refractivity contribution >= 4 is 15.9 Å². The van der Waals surface area contributed by atoms with Crippen molar-refractivity contribution in [1.29, 1.82) is 0 Å². The zero-order valence-corrected chi connectivity index (χ0v) is 16.4. The lowest BCUT2D eigenvalue weighted by atomic mass is 10.1. The van der Waals surface area contributed by atoms with Crippen LogP contribution in [-0.2, 0) is 6.42 Å². The summed E-state index contributed by atoms with van der Waals surface area (Å²) in [4.78, 5) is 4.99. The van der Waals surface area contributed by atoms with Crippen LogP contribution in [-0.4, -0.2) is 9.55 Å². The molecule has 25 heavy (non-hydrogen) atoms. The Morgan fingerprint density at radius 1 is 0.840 bits per heavy atom. The number of benzene rings is 2. The molecule has 0 aliphatic rings. The Hall–Kier alpha value is -1.87. The fourth-order valence-corrected chi connectivity index (χ4v) is 3.75. The highest BCUT2D eigenvalue weighted by Crippen LogP contribution is 2.31. The summed E-state index contributed by atoms with van der Waals surface area (Å²) < 4.78 is 3.30. The summed E-state index contributed by atoms with van der Waals surface area (Å²) in [7, 11) is 0. The number of unbranched alkanes of at least 4 members (excludes halogenated alkanes) is 4. The summed E-state index contributed by atoms with van der Waals surface area (Å²) in [5.74, 6) is 1.00. The molecule has 0 spiro atoms. The highest BCUT2D eigenvalue weighted by molar-refractivity contribution is 9.10. The van der Waals surface area contributed by atoms with Crippen molar-refractivity contribution in [2.45, 2.75) is 45.4 Å². The van der Waals surface area contributed by atoms with Gasteiger partial charge in [-0.2, -0.15) is 0 Å². The number of hydrogen-bond acceptors (Lipinski definition) is 1. The Kier molecular flexibility index (Phi) is 6.46. The van der Waals surface area contributed by atoms with Crippen molar-refractivity contribution in [1.82, 2.24) is 9.55 Å². The van der Waals surface area contributed by atoms with Crippen molar-refractivity contribution < 1.29 is 0 Å². The maximum atomic E-state index is 4.99. The van der Waals surface area contributed by atoms with Gasteiger partial charge in [0.05, 0.1) is 5.69 Å². The number of hydrogen-bond donors (Lipinski definition) is 0. The van der Waals surface area contributed by atoms with Gasteiger partial charge in [-0.3, -0.25) is 4.57 Å². The molecule has 3 rings (SSSR count). The fraction of sp³-hybridized carbons (Fsp3) is 0.318. The Morgan fingerprint density at radius 3 is 2.16 bits per heavy atom. The quantitative estimate of drug-likeness (QED) is 0.382. The van der Waals surface area contributed by atoms with Crippen LogP contribution in [0.3, 0.4) is 0 Å². The SMILES string of the molecule is CCCCCCCc1nc(-c2ccccc2)n(-c2ccccc2)c1Br. The van der Waals surface area contributed by atoms with E-state index in [4.69, 9.17) is 4.98 Å². The van der Waals surface area contributed by atoms with Gasteiger partial charge in [0.15, 0.2) is 0 Å². The fourth-order valence-electron chi connectivity index (χ4n) is 3.09. The summed E-state index contributed by atoms with van der Waals surface area (Å²) >= 11 is 3.82. The highest BCUT2D eigenvalue weighted by atomic mass is 79.9. The monoisotopic (exact) mass is 396 g/mol. The zero-order valence-electron chi connectivity index (χ0n) is 14.8. The molecule has 1 heterocycles. The first-order chi connectivity index (χ1) is 12.3. The van der Waals surface area contributed by atoms with Gasteiger partial charge >= 0.3 is 0 Å². The molecule has 0 bridgehead atoms.